The van der Waals surface area contributed by atoms with E-state index in [0.717, 1.165) is 27.0 Å². The van der Waals surface area contributed by atoms with Gasteiger partial charge in [0.1, 0.15) is 5.82 Å². The summed E-state index contributed by atoms with van der Waals surface area (Å²) in [5.74, 6) is 1.08. The van der Waals surface area contributed by atoms with Crippen LogP contribution in [0.1, 0.15) is 23.6 Å². The SMILES string of the molecule is CC(C#N)=Cc1cc(C)c(Nc2ccnc(Nc3ccc(C#N)cc3)n2)c(Br)c1. The Morgan fingerprint density at radius 1 is 1.10 bits per heavy atom. The van der Waals surface area contributed by atoms with Crippen LogP contribution in [0.2, 0.25) is 0 Å². The fraction of sp³-hybridized carbons (Fsp3) is 0.0909. The molecular formula is C22H17BrN6. The predicted molar refractivity (Wildman–Crippen MR) is 118 cm³/mol. The van der Waals surface area contributed by atoms with E-state index in [0.29, 0.717) is 22.9 Å². The van der Waals surface area contributed by atoms with Gasteiger partial charge in [0.15, 0.2) is 0 Å². The number of nitrogens with one attached hydrogen (secondary N) is 2. The van der Waals surface area contributed by atoms with Crippen molar-refractivity contribution in [2.45, 2.75) is 13.8 Å². The first-order valence-electron chi connectivity index (χ1n) is 8.74. The number of allylic oxidation sites excluding steroid dienone is 1. The number of nitriles is 2. The highest BCUT2D eigenvalue weighted by Gasteiger charge is 2.08. The molecule has 3 aromatic rings. The highest BCUT2D eigenvalue weighted by molar-refractivity contribution is 9.10. The van der Waals surface area contributed by atoms with Crippen LogP contribution >= 0.6 is 15.9 Å². The van der Waals surface area contributed by atoms with E-state index in [4.69, 9.17) is 10.5 Å². The zero-order valence-corrected chi connectivity index (χ0v) is 17.4. The molecule has 29 heavy (non-hydrogen) atoms. The zero-order chi connectivity index (χ0) is 20.8. The summed E-state index contributed by atoms with van der Waals surface area (Å²) in [6.07, 6.45) is 3.50. The van der Waals surface area contributed by atoms with Crippen molar-refractivity contribution in [1.29, 1.82) is 10.5 Å². The Morgan fingerprint density at radius 2 is 1.86 bits per heavy atom. The van der Waals surface area contributed by atoms with E-state index in [2.05, 4.69) is 48.7 Å². The minimum absolute atomic E-state index is 0.442. The topological polar surface area (TPSA) is 97.4 Å². The normalized spacial score (nSPS) is 10.7. The van der Waals surface area contributed by atoms with Gasteiger partial charge in [0.25, 0.3) is 0 Å². The number of nitrogens with zero attached hydrogens (tertiary/aromatic N) is 4. The van der Waals surface area contributed by atoms with Gasteiger partial charge in [-0.2, -0.15) is 15.5 Å². The van der Waals surface area contributed by atoms with Crippen LogP contribution in [0.15, 0.2) is 58.7 Å². The molecule has 0 bridgehead atoms. The summed E-state index contributed by atoms with van der Waals surface area (Å²) in [4.78, 5) is 8.74. The molecule has 0 radical (unpaired) electrons. The van der Waals surface area contributed by atoms with Gasteiger partial charge in [-0.3, -0.25) is 0 Å². The summed E-state index contributed by atoms with van der Waals surface area (Å²) < 4.78 is 0.870. The van der Waals surface area contributed by atoms with E-state index in [-0.39, 0.29) is 0 Å². The summed E-state index contributed by atoms with van der Waals surface area (Å²) in [5.41, 5.74) is 4.88. The van der Waals surface area contributed by atoms with Crippen molar-refractivity contribution in [2.24, 2.45) is 0 Å². The molecule has 1 aromatic heterocycles. The maximum absolute atomic E-state index is 8.97. The lowest BCUT2D eigenvalue weighted by Crippen LogP contribution is -2.02. The van der Waals surface area contributed by atoms with Crippen molar-refractivity contribution in [3.63, 3.8) is 0 Å². The first kappa shape index (κ1) is 20.1. The second kappa shape index (κ2) is 9.01. The number of halogens is 1. The molecule has 7 heteroatoms. The first-order chi connectivity index (χ1) is 14.0. The molecule has 1 heterocycles. The van der Waals surface area contributed by atoms with Crippen LogP contribution in [0, 0.1) is 29.6 Å². The van der Waals surface area contributed by atoms with Gasteiger partial charge in [0, 0.05) is 21.9 Å². The van der Waals surface area contributed by atoms with Gasteiger partial charge >= 0.3 is 0 Å². The lowest BCUT2D eigenvalue weighted by molar-refractivity contribution is 1.16. The summed E-state index contributed by atoms with van der Waals surface area (Å²) in [7, 11) is 0. The van der Waals surface area contributed by atoms with Crippen molar-refractivity contribution in [3.8, 4) is 12.1 Å². The van der Waals surface area contributed by atoms with Gasteiger partial charge < -0.3 is 10.6 Å². The van der Waals surface area contributed by atoms with Gasteiger partial charge in [-0.15, -0.1) is 0 Å². The molecule has 0 aliphatic carbocycles. The third-order valence-electron chi connectivity index (χ3n) is 4.05. The highest BCUT2D eigenvalue weighted by Crippen LogP contribution is 2.31. The van der Waals surface area contributed by atoms with Crippen LogP contribution in [-0.4, -0.2) is 9.97 Å². The van der Waals surface area contributed by atoms with Crippen molar-refractivity contribution in [1.82, 2.24) is 9.97 Å². The molecule has 0 spiro atoms. The van der Waals surface area contributed by atoms with E-state index in [1.807, 2.05) is 25.1 Å². The van der Waals surface area contributed by atoms with Crippen molar-refractivity contribution >= 4 is 45.1 Å². The molecule has 6 nitrogen and oxygen atoms in total. The molecule has 2 N–H and O–H groups in total. The van der Waals surface area contributed by atoms with Crippen molar-refractivity contribution in [2.75, 3.05) is 10.6 Å². The second-order valence-electron chi connectivity index (χ2n) is 6.34. The monoisotopic (exact) mass is 444 g/mol. The number of hydrogen-bond acceptors (Lipinski definition) is 6. The van der Waals surface area contributed by atoms with Crippen LogP contribution in [0.25, 0.3) is 6.08 Å². The van der Waals surface area contributed by atoms with E-state index in [9.17, 15) is 0 Å². The fourth-order valence-electron chi connectivity index (χ4n) is 2.67. The Hall–Kier alpha value is -3.68. The fourth-order valence-corrected chi connectivity index (χ4v) is 3.34. The molecule has 0 amide bonds. The van der Waals surface area contributed by atoms with E-state index < -0.39 is 0 Å². The quantitative estimate of drug-likeness (QED) is 0.480. The Kier molecular flexibility index (Phi) is 6.23. The lowest BCUT2D eigenvalue weighted by atomic mass is 10.1. The Balaban J connectivity index is 1.81. The average molecular weight is 445 g/mol. The highest BCUT2D eigenvalue weighted by atomic mass is 79.9. The van der Waals surface area contributed by atoms with Gasteiger partial charge in [0.2, 0.25) is 5.95 Å². The standard InChI is InChI=1S/C22H17BrN6/c1-14(12-24)9-17-10-15(2)21(19(23)11-17)28-20-7-8-26-22(29-20)27-18-5-3-16(13-25)4-6-18/h3-11H,1-2H3,(H2,26,27,28,29). The molecule has 2 aromatic carbocycles. The van der Waals surface area contributed by atoms with Crippen LogP contribution < -0.4 is 10.6 Å². The summed E-state index contributed by atoms with van der Waals surface area (Å²) in [6.45, 7) is 3.77. The van der Waals surface area contributed by atoms with Crippen LogP contribution in [0.3, 0.4) is 0 Å². The molecule has 0 fully saturated rings. The van der Waals surface area contributed by atoms with Crippen LogP contribution in [0.4, 0.5) is 23.1 Å². The summed E-state index contributed by atoms with van der Waals surface area (Å²) in [6, 6.07) is 17.0. The molecule has 0 unspecified atom stereocenters. The number of rotatable bonds is 5. The molecule has 142 valence electrons. The van der Waals surface area contributed by atoms with E-state index in [1.54, 1.807) is 43.5 Å². The van der Waals surface area contributed by atoms with Gasteiger partial charge in [-0.25, -0.2) is 4.98 Å². The van der Waals surface area contributed by atoms with Crippen molar-refractivity contribution in [3.05, 3.63) is 75.4 Å². The first-order valence-corrected chi connectivity index (χ1v) is 9.53. The summed E-state index contributed by atoms with van der Waals surface area (Å²) in [5, 5.41) is 24.3. The molecular weight excluding hydrogens is 428 g/mol. The van der Waals surface area contributed by atoms with Crippen LogP contribution in [-0.2, 0) is 0 Å². The molecule has 0 saturated carbocycles. The Morgan fingerprint density at radius 3 is 2.52 bits per heavy atom. The maximum Gasteiger partial charge on any atom is 0.229 e. The van der Waals surface area contributed by atoms with Gasteiger partial charge in [-0.05, 0) is 89.4 Å². The zero-order valence-electron chi connectivity index (χ0n) is 15.9. The Labute approximate surface area is 177 Å². The van der Waals surface area contributed by atoms with Crippen molar-refractivity contribution < 1.29 is 0 Å². The van der Waals surface area contributed by atoms with Gasteiger partial charge in [-0.1, -0.05) is 0 Å². The Bertz CT molecular complexity index is 1130. The number of aryl methyl sites for hydroxylation is 1. The summed E-state index contributed by atoms with van der Waals surface area (Å²) >= 11 is 3.59. The molecule has 3 rings (SSSR count). The minimum Gasteiger partial charge on any atom is -0.339 e. The molecule has 0 saturated heterocycles. The number of aromatic nitrogens is 2. The molecule has 0 aliphatic heterocycles. The third kappa shape index (κ3) is 5.19. The average Bonchev–Trinajstić information content (AvgIpc) is 2.71. The molecule has 0 aliphatic rings. The second-order valence-corrected chi connectivity index (χ2v) is 7.19. The van der Waals surface area contributed by atoms with Crippen LogP contribution in [0.5, 0.6) is 0 Å². The largest absolute Gasteiger partial charge is 0.339 e. The number of hydrogen-bond donors (Lipinski definition) is 2. The predicted octanol–water partition coefficient (Wildman–Crippen LogP) is 5.83. The maximum atomic E-state index is 8.97. The molecule has 0 atom stereocenters. The lowest BCUT2D eigenvalue weighted by Gasteiger charge is -2.13. The van der Waals surface area contributed by atoms with E-state index in [1.165, 1.54) is 0 Å². The smallest absolute Gasteiger partial charge is 0.229 e. The minimum atomic E-state index is 0.442. The van der Waals surface area contributed by atoms with Gasteiger partial charge in [0.05, 0.1) is 23.4 Å². The van der Waals surface area contributed by atoms with E-state index >= 15 is 0 Å². The number of benzene rings is 2. The number of anilines is 4. The third-order valence-corrected chi connectivity index (χ3v) is 4.67.